The van der Waals surface area contributed by atoms with Crippen LogP contribution in [0.2, 0.25) is 0 Å². The van der Waals surface area contributed by atoms with E-state index in [1.165, 1.54) is 0 Å². The zero-order valence-corrected chi connectivity index (χ0v) is 24.6. The predicted octanol–water partition coefficient (Wildman–Crippen LogP) is 3.75. The Morgan fingerprint density at radius 3 is 2.12 bits per heavy atom. The van der Waals surface area contributed by atoms with Gasteiger partial charge in [0.05, 0.1) is 13.0 Å². The highest BCUT2D eigenvalue weighted by Crippen LogP contribution is 2.63. The monoisotopic (exact) mass is 612 g/mol. The van der Waals surface area contributed by atoms with Crippen LogP contribution in [0.1, 0.15) is 79.6 Å². The lowest BCUT2D eigenvalue weighted by Crippen LogP contribution is -2.59. The van der Waals surface area contributed by atoms with Crippen molar-refractivity contribution in [1.82, 2.24) is 0 Å². The van der Waals surface area contributed by atoms with Crippen LogP contribution in [0.5, 0.6) is 0 Å². The van der Waals surface area contributed by atoms with Crippen molar-refractivity contribution >= 4 is 28.2 Å². The van der Waals surface area contributed by atoms with Gasteiger partial charge >= 0.3 is 33.5 Å². The Hall–Kier alpha value is -2.10. The molecule has 1 N–H and O–H groups in total. The SMILES string of the molecule is CC(C)(C)OC(=O)CC1OC(C)(C)OC1COC(=O)OC12CC3CC(CC(COC(=O)C(F)(F)S(=O)(=O)O)(C3)C1)C2. The number of carbonyl (C=O) groups is 3. The van der Waals surface area contributed by atoms with Crippen LogP contribution in [0, 0.1) is 17.3 Å². The van der Waals surface area contributed by atoms with E-state index >= 15 is 0 Å². The molecule has 5 fully saturated rings. The van der Waals surface area contributed by atoms with E-state index in [1.807, 2.05) is 0 Å². The second-order valence-electron chi connectivity index (χ2n) is 13.4. The van der Waals surface area contributed by atoms with Crippen molar-refractivity contribution < 1.29 is 64.6 Å². The molecule has 0 amide bonds. The van der Waals surface area contributed by atoms with Crippen molar-refractivity contribution in [3.63, 3.8) is 0 Å². The number of hydrogen-bond acceptors (Lipinski definition) is 11. The molecule has 4 bridgehead atoms. The molecule has 1 aliphatic heterocycles. The Kier molecular flexibility index (Phi) is 8.20. The number of rotatable bonds is 9. The maximum atomic E-state index is 13.7. The highest BCUT2D eigenvalue weighted by molar-refractivity contribution is 7.87. The maximum absolute atomic E-state index is 13.7. The van der Waals surface area contributed by atoms with Gasteiger partial charge in [0.1, 0.15) is 30.0 Å². The van der Waals surface area contributed by atoms with Crippen LogP contribution < -0.4 is 0 Å². The Bertz CT molecular complexity index is 1150. The first-order valence-electron chi connectivity index (χ1n) is 13.6. The lowest BCUT2D eigenvalue weighted by atomic mass is 9.48. The molecule has 0 aromatic heterocycles. The van der Waals surface area contributed by atoms with Gasteiger partial charge in [-0.3, -0.25) is 9.35 Å². The van der Waals surface area contributed by atoms with Crippen molar-refractivity contribution in [3.8, 4) is 0 Å². The zero-order chi connectivity index (χ0) is 30.6. The van der Waals surface area contributed by atoms with E-state index in [0.717, 1.165) is 6.42 Å². The number of alkyl halides is 2. The van der Waals surface area contributed by atoms with Crippen LogP contribution in [0.4, 0.5) is 13.6 Å². The van der Waals surface area contributed by atoms with Gasteiger partial charge < -0.3 is 28.4 Å². The number of carbonyl (C=O) groups excluding carboxylic acids is 3. The van der Waals surface area contributed by atoms with Crippen LogP contribution in [0.25, 0.3) is 0 Å². The van der Waals surface area contributed by atoms with Crippen LogP contribution in [-0.4, -0.2) is 78.7 Å². The van der Waals surface area contributed by atoms with Gasteiger partial charge in [-0.15, -0.1) is 0 Å². The Balaban J connectivity index is 1.36. The van der Waals surface area contributed by atoms with E-state index in [9.17, 15) is 31.6 Å². The molecule has 1 heterocycles. The zero-order valence-electron chi connectivity index (χ0n) is 23.8. The average Bonchev–Trinajstić information content (AvgIpc) is 3.05. The van der Waals surface area contributed by atoms with Crippen LogP contribution in [0.3, 0.4) is 0 Å². The minimum absolute atomic E-state index is 0.0791. The van der Waals surface area contributed by atoms with Crippen molar-refractivity contribution in [2.45, 2.75) is 114 Å². The van der Waals surface area contributed by atoms with Crippen molar-refractivity contribution in [3.05, 3.63) is 0 Å². The van der Waals surface area contributed by atoms with Gasteiger partial charge in [0.25, 0.3) is 0 Å². The van der Waals surface area contributed by atoms with Gasteiger partial charge in [-0.25, -0.2) is 9.59 Å². The molecule has 5 rings (SSSR count). The third-order valence-corrected chi connectivity index (χ3v) is 8.75. The molecule has 1 saturated heterocycles. The smallest absolute Gasteiger partial charge is 0.460 e. The summed E-state index contributed by atoms with van der Waals surface area (Å²) in [5.74, 6) is -3.72. The molecule has 41 heavy (non-hydrogen) atoms. The van der Waals surface area contributed by atoms with Gasteiger partial charge in [0, 0.05) is 5.41 Å². The molecular weight excluding hydrogens is 574 g/mol. The normalized spacial score (nSPS) is 34.2. The minimum atomic E-state index is -5.99. The quantitative estimate of drug-likeness (QED) is 0.228. The van der Waals surface area contributed by atoms with E-state index in [2.05, 4.69) is 0 Å². The predicted molar refractivity (Wildman–Crippen MR) is 134 cm³/mol. The third-order valence-electron chi connectivity index (χ3n) is 7.94. The molecule has 0 aromatic rings. The molecule has 4 saturated carbocycles. The molecule has 12 nitrogen and oxygen atoms in total. The first-order chi connectivity index (χ1) is 18.6. The Morgan fingerprint density at radius 2 is 1.56 bits per heavy atom. The van der Waals surface area contributed by atoms with Crippen LogP contribution in [0.15, 0.2) is 0 Å². The second kappa shape index (κ2) is 10.6. The summed E-state index contributed by atoms with van der Waals surface area (Å²) in [5, 5.41) is -5.09. The van der Waals surface area contributed by atoms with Crippen molar-refractivity contribution in [2.75, 3.05) is 13.2 Å². The highest BCUT2D eigenvalue weighted by Gasteiger charge is 2.61. The fraction of sp³-hybridized carbons (Fsp3) is 0.885. The standard InChI is InChI=1S/C26H38F2O12S/c1-22(2,3)39-19(29)7-17-18(38-23(4,5)37-17)12-35-21(31)40-25-10-15-6-16(11-25)9-24(8-15,13-25)14-36-20(30)26(27,28)41(32,33)34/h15-18H,6-14H2,1-5H3,(H,32,33,34). The van der Waals surface area contributed by atoms with E-state index in [1.54, 1.807) is 34.6 Å². The second-order valence-corrected chi connectivity index (χ2v) is 14.8. The highest BCUT2D eigenvalue weighted by atomic mass is 32.2. The summed E-state index contributed by atoms with van der Waals surface area (Å²) in [7, 11) is -5.99. The largest absolute Gasteiger partial charge is 0.508 e. The fourth-order valence-electron chi connectivity index (χ4n) is 7.19. The van der Waals surface area contributed by atoms with Crippen LogP contribution in [-0.2, 0) is 48.1 Å². The summed E-state index contributed by atoms with van der Waals surface area (Å²) in [6.07, 6.45) is 0.570. The number of ether oxygens (including phenoxy) is 6. The first-order valence-corrected chi connectivity index (χ1v) is 15.0. The van der Waals surface area contributed by atoms with E-state index in [4.69, 9.17) is 33.0 Å². The van der Waals surface area contributed by atoms with E-state index in [-0.39, 0.29) is 31.3 Å². The minimum Gasteiger partial charge on any atom is -0.460 e. The van der Waals surface area contributed by atoms with Gasteiger partial charge in [-0.05, 0) is 85.0 Å². The number of hydrogen-bond donors (Lipinski definition) is 1. The molecule has 0 aromatic carbocycles. The summed E-state index contributed by atoms with van der Waals surface area (Å²) in [4.78, 5) is 37.0. The van der Waals surface area contributed by atoms with Crippen LogP contribution >= 0.6 is 0 Å². The van der Waals surface area contributed by atoms with E-state index in [0.29, 0.717) is 25.7 Å². The Labute approximate surface area is 237 Å². The molecule has 4 atom stereocenters. The van der Waals surface area contributed by atoms with Crippen molar-refractivity contribution in [2.24, 2.45) is 17.3 Å². The molecule has 5 aliphatic rings. The van der Waals surface area contributed by atoms with Gasteiger partial charge in [-0.1, -0.05) is 0 Å². The first kappa shape index (κ1) is 31.8. The molecule has 0 spiro atoms. The fourth-order valence-corrected chi connectivity index (χ4v) is 7.46. The summed E-state index contributed by atoms with van der Waals surface area (Å²) < 4.78 is 90.8. The van der Waals surface area contributed by atoms with Gasteiger partial charge in [0.15, 0.2) is 5.79 Å². The third kappa shape index (κ3) is 7.28. The maximum Gasteiger partial charge on any atom is 0.508 e. The lowest BCUT2D eigenvalue weighted by molar-refractivity contribution is -0.199. The van der Waals surface area contributed by atoms with Gasteiger partial charge in [-0.2, -0.15) is 17.2 Å². The average molecular weight is 613 g/mol. The molecule has 0 radical (unpaired) electrons. The summed E-state index contributed by atoms with van der Waals surface area (Å²) in [5.41, 5.74) is -2.45. The Morgan fingerprint density at radius 1 is 0.976 bits per heavy atom. The van der Waals surface area contributed by atoms with Gasteiger partial charge in [0.2, 0.25) is 0 Å². The number of halogens is 2. The summed E-state index contributed by atoms with van der Waals surface area (Å²) in [6.45, 7) is 7.80. The molecule has 4 aliphatic carbocycles. The topological polar surface area (TPSA) is 161 Å². The summed E-state index contributed by atoms with van der Waals surface area (Å²) >= 11 is 0. The summed E-state index contributed by atoms with van der Waals surface area (Å²) in [6, 6.07) is 0. The molecular formula is C26H38F2O12S. The molecule has 15 heteroatoms. The molecule has 234 valence electrons. The van der Waals surface area contributed by atoms with Crippen molar-refractivity contribution in [1.29, 1.82) is 0 Å². The van der Waals surface area contributed by atoms with E-state index < -0.39 is 74.7 Å². The number of esters is 2. The molecule has 4 unspecified atom stereocenters. The lowest BCUT2D eigenvalue weighted by Gasteiger charge is -2.60.